The summed E-state index contributed by atoms with van der Waals surface area (Å²) in [6.45, 7) is 3.90. The fraction of sp³-hybridized carbons (Fsp3) is 0.200. The Morgan fingerprint density at radius 2 is 2.07 bits per heavy atom. The van der Waals surface area contributed by atoms with Gasteiger partial charge >= 0.3 is 5.65 Å². The fourth-order valence-electron chi connectivity index (χ4n) is 1.46. The second kappa shape index (κ2) is 3.80. The zero-order valence-corrected chi connectivity index (χ0v) is 8.78. The van der Waals surface area contributed by atoms with Gasteiger partial charge < -0.3 is 17.5 Å². The molecule has 2 aromatic heterocycles. The first-order valence-corrected chi connectivity index (χ1v) is 4.16. The molecule has 0 aliphatic rings. The van der Waals surface area contributed by atoms with E-state index in [2.05, 4.69) is 4.98 Å². The summed E-state index contributed by atoms with van der Waals surface area (Å²) in [5.74, 6) is 0.217. The van der Waals surface area contributed by atoms with E-state index in [-0.39, 0.29) is 18.2 Å². The lowest BCUT2D eigenvalue weighted by Crippen LogP contribution is -3.00. The number of pyridine rings is 1. The minimum atomic E-state index is 0. The smallest absolute Gasteiger partial charge is 0.370 e. The van der Waals surface area contributed by atoms with E-state index >= 15 is 0 Å². The summed E-state index contributed by atoms with van der Waals surface area (Å²) in [5, 5.41) is 9.54. The lowest BCUT2D eigenvalue weighted by Gasteiger charge is -1.97. The summed E-state index contributed by atoms with van der Waals surface area (Å²) in [6.07, 6.45) is 1.89. The average molecular weight is 211 g/mol. The molecule has 0 aliphatic carbocycles. The summed E-state index contributed by atoms with van der Waals surface area (Å²) in [5.41, 5.74) is 2.59. The first-order chi connectivity index (χ1) is 6.18. The van der Waals surface area contributed by atoms with Crippen molar-refractivity contribution < 1.29 is 21.9 Å². The molecule has 74 valence electrons. The van der Waals surface area contributed by atoms with Crippen molar-refractivity contribution in [3.8, 4) is 5.75 Å². The lowest BCUT2D eigenvalue weighted by molar-refractivity contribution is -0.523. The highest BCUT2D eigenvalue weighted by Gasteiger charge is 2.12. The van der Waals surface area contributed by atoms with Gasteiger partial charge in [-0.2, -0.15) is 4.40 Å². The first kappa shape index (κ1) is 10.7. The van der Waals surface area contributed by atoms with Crippen LogP contribution in [0.5, 0.6) is 5.75 Å². The molecule has 2 heterocycles. The van der Waals surface area contributed by atoms with Crippen LogP contribution in [0.3, 0.4) is 0 Å². The van der Waals surface area contributed by atoms with E-state index in [0.29, 0.717) is 5.65 Å². The fourth-order valence-corrected chi connectivity index (χ4v) is 1.46. The van der Waals surface area contributed by atoms with Gasteiger partial charge in [-0.15, -0.1) is 0 Å². The number of rotatable bonds is 0. The number of fused-ring (bicyclic) bond motifs is 1. The predicted molar refractivity (Wildman–Crippen MR) is 48.5 cm³/mol. The average Bonchev–Trinajstić information content (AvgIpc) is 2.07. The van der Waals surface area contributed by atoms with Crippen LogP contribution in [0.4, 0.5) is 0 Å². The van der Waals surface area contributed by atoms with Crippen molar-refractivity contribution in [3.05, 3.63) is 35.8 Å². The third-order valence-corrected chi connectivity index (χ3v) is 2.03. The van der Waals surface area contributed by atoms with Crippen LogP contribution >= 0.6 is 0 Å². The van der Waals surface area contributed by atoms with Crippen LogP contribution in [0.2, 0.25) is 0 Å². The molecule has 0 aromatic carbocycles. The van der Waals surface area contributed by atoms with Gasteiger partial charge in [0.1, 0.15) is 5.69 Å². The van der Waals surface area contributed by atoms with E-state index < -0.39 is 0 Å². The molecule has 0 amide bonds. The van der Waals surface area contributed by atoms with Crippen LogP contribution in [0.25, 0.3) is 5.65 Å². The molecule has 2 aromatic rings. The minimum absolute atomic E-state index is 0. The molecular formula is C10H11ClN2O. The van der Waals surface area contributed by atoms with E-state index in [1.807, 2.05) is 30.5 Å². The topological polar surface area (TPSA) is 37.2 Å². The summed E-state index contributed by atoms with van der Waals surface area (Å²) in [6, 6.07) is 5.42. The Kier molecular flexibility index (Phi) is 2.91. The van der Waals surface area contributed by atoms with Gasteiger partial charge in [0.15, 0.2) is 5.69 Å². The summed E-state index contributed by atoms with van der Waals surface area (Å²) in [4.78, 5) is 4.25. The van der Waals surface area contributed by atoms with E-state index in [1.54, 1.807) is 12.1 Å². The molecule has 0 atom stereocenters. The predicted octanol–water partition coefficient (Wildman–Crippen LogP) is -1.85. The van der Waals surface area contributed by atoms with Gasteiger partial charge in [0, 0.05) is 13.0 Å². The SMILES string of the molecule is Cc1cc(C)[n+]2cccc(O)c2n1.[Cl-]. The molecule has 2 rings (SSSR count). The number of aromatic hydroxyl groups is 1. The first-order valence-electron chi connectivity index (χ1n) is 4.16. The number of halogens is 1. The second-order valence-electron chi connectivity index (χ2n) is 3.13. The molecule has 0 saturated carbocycles. The highest BCUT2D eigenvalue weighted by Crippen LogP contribution is 2.11. The van der Waals surface area contributed by atoms with E-state index in [4.69, 9.17) is 0 Å². The maximum absolute atomic E-state index is 9.54. The maximum Gasteiger partial charge on any atom is 0.370 e. The Labute approximate surface area is 88.5 Å². The highest BCUT2D eigenvalue weighted by molar-refractivity contribution is 5.45. The largest absolute Gasteiger partial charge is 1.00 e. The van der Waals surface area contributed by atoms with Gasteiger partial charge in [-0.1, -0.05) is 0 Å². The normalized spacial score (nSPS) is 9.86. The molecule has 0 fully saturated rings. The van der Waals surface area contributed by atoms with Crippen molar-refractivity contribution in [1.82, 2.24) is 4.98 Å². The van der Waals surface area contributed by atoms with Gasteiger partial charge in [-0.05, 0) is 24.0 Å². The van der Waals surface area contributed by atoms with E-state index in [0.717, 1.165) is 11.4 Å². The van der Waals surface area contributed by atoms with Gasteiger partial charge in [-0.3, -0.25) is 0 Å². The second-order valence-corrected chi connectivity index (χ2v) is 3.13. The molecule has 3 nitrogen and oxygen atoms in total. The molecule has 0 bridgehead atoms. The van der Waals surface area contributed by atoms with Gasteiger partial charge in [0.05, 0.1) is 6.20 Å². The number of hydrogen-bond acceptors (Lipinski definition) is 2. The highest BCUT2D eigenvalue weighted by atomic mass is 35.5. The Morgan fingerprint density at radius 3 is 2.79 bits per heavy atom. The molecule has 14 heavy (non-hydrogen) atoms. The Bertz CT molecular complexity index is 471. The van der Waals surface area contributed by atoms with E-state index in [9.17, 15) is 5.11 Å². The van der Waals surface area contributed by atoms with Gasteiger partial charge in [-0.25, -0.2) is 0 Å². The van der Waals surface area contributed by atoms with Crippen LogP contribution in [0, 0.1) is 13.8 Å². The maximum atomic E-state index is 9.54. The Morgan fingerprint density at radius 1 is 1.36 bits per heavy atom. The number of aryl methyl sites for hydroxylation is 2. The molecule has 1 N–H and O–H groups in total. The molecular weight excluding hydrogens is 200 g/mol. The molecule has 4 heteroatoms. The van der Waals surface area contributed by atoms with Crippen LogP contribution in [-0.2, 0) is 0 Å². The summed E-state index contributed by atoms with van der Waals surface area (Å²) >= 11 is 0. The molecule has 0 aliphatic heterocycles. The van der Waals surface area contributed by atoms with Crippen molar-refractivity contribution >= 4 is 5.65 Å². The van der Waals surface area contributed by atoms with Crippen molar-refractivity contribution in [2.45, 2.75) is 13.8 Å². The van der Waals surface area contributed by atoms with Gasteiger partial charge in [0.2, 0.25) is 5.75 Å². The molecule has 0 spiro atoms. The standard InChI is InChI=1S/C10H10N2O.ClH/c1-7-6-8(2)12-5-3-4-9(13)10(12)11-7;/h3-6H,1-2H3;1H. The zero-order chi connectivity index (χ0) is 9.42. The minimum Gasteiger partial charge on any atom is -1.00 e. The van der Waals surface area contributed by atoms with Crippen LogP contribution < -0.4 is 16.8 Å². The third kappa shape index (κ3) is 1.63. The Hall–Kier alpha value is -1.35. The van der Waals surface area contributed by atoms with Crippen LogP contribution in [-0.4, -0.2) is 10.1 Å². The van der Waals surface area contributed by atoms with Crippen molar-refractivity contribution in [2.75, 3.05) is 0 Å². The monoisotopic (exact) mass is 210 g/mol. The van der Waals surface area contributed by atoms with Crippen molar-refractivity contribution in [1.29, 1.82) is 0 Å². The number of aromatic nitrogens is 2. The molecule has 0 radical (unpaired) electrons. The van der Waals surface area contributed by atoms with Crippen LogP contribution in [0.15, 0.2) is 24.4 Å². The Balaban J connectivity index is 0.000000980. The molecule has 0 saturated heterocycles. The molecule has 0 unspecified atom stereocenters. The van der Waals surface area contributed by atoms with E-state index in [1.165, 1.54) is 0 Å². The van der Waals surface area contributed by atoms with Crippen molar-refractivity contribution in [2.24, 2.45) is 0 Å². The number of hydrogen-bond donors (Lipinski definition) is 1. The van der Waals surface area contributed by atoms with Crippen molar-refractivity contribution in [3.63, 3.8) is 0 Å². The summed E-state index contributed by atoms with van der Waals surface area (Å²) in [7, 11) is 0. The zero-order valence-electron chi connectivity index (χ0n) is 8.03. The summed E-state index contributed by atoms with van der Waals surface area (Å²) < 4.78 is 1.86. The van der Waals surface area contributed by atoms with Crippen LogP contribution in [0.1, 0.15) is 11.4 Å². The third-order valence-electron chi connectivity index (χ3n) is 2.03. The van der Waals surface area contributed by atoms with Gasteiger partial charge in [0.25, 0.3) is 0 Å². The lowest BCUT2D eigenvalue weighted by atomic mass is 10.3. The quantitative estimate of drug-likeness (QED) is 0.519. The number of nitrogens with zero attached hydrogens (tertiary/aromatic N) is 2.